The maximum absolute atomic E-state index is 12.6. The van der Waals surface area contributed by atoms with Crippen LogP contribution in [-0.2, 0) is 19.6 Å². The molecule has 0 spiro atoms. The summed E-state index contributed by atoms with van der Waals surface area (Å²) in [6.45, 7) is 1.76. The van der Waals surface area contributed by atoms with Crippen LogP contribution in [0.15, 0.2) is 35.2 Å². The van der Waals surface area contributed by atoms with Gasteiger partial charge in [0.2, 0.25) is 21.8 Å². The third kappa shape index (κ3) is 7.98. The number of rotatable bonds is 10. The summed E-state index contributed by atoms with van der Waals surface area (Å²) in [5.41, 5.74) is 0. The Morgan fingerprint density at radius 2 is 1.76 bits per heavy atom. The van der Waals surface area contributed by atoms with Gasteiger partial charge in [0.1, 0.15) is 6.04 Å². The van der Waals surface area contributed by atoms with Crippen molar-refractivity contribution < 1.29 is 18.0 Å². The third-order valence-corrected chi connectivity index (χ3v) is 7.01. The van der Waals surface area contributed by atoms with E-state index in [0.717, 1.165) is 38.8 Å². The van der Waals surface area contributed by atoms with E-state index >= 15 is 0 Å². The molecule has 1 aliphatic heterocycles. The fraction of sp³-hybridized carbons (Fsp3) is 0.600. The van der Waals surface area contributed by atoms with E-state index in [0.29, 0.717) is 12.2 Å². The molecular formula is C20H31N3O4S2. The Kier molecular flexibility index (Phi) is 9.96. The highest BCUT2D eigenvalue weighted by atomic mass is 32.2. The molecule has 9 heteroatoms. The van der Waals surface area contributed by atoms with Crippen molar-refractivity contribution in [2.24, 2.45) is 0 Å². The number of hydrogen-bond acceptors (Lipinski definition) is 5. The lowest BCUT2D eigenvalue weighted by Gasteiger charge is -2.21. The summed E-state index contributed by atoms with van der Waals surface area (Å²) in [5, 5.41) is 2.73. The monoisotopic (exact) mass is 441 g/mol. The van der Waals surface area contributed by atoms with Gasteiger partial charge in [-0.3, -0.25) is 9.59 Å². The minimum atomic E-state index is -3.79. The molecule has 1 aromatic rings. The van der Waals surface area contributed by atoms with E-state index in [1.54, 1.807) is 30.0 Å². The average molecular weight is 442 g/mol. The van der Waals surface area contributed by atoms with Crippen molar-refractivity contribution in [1.29, 1.82) is 0 Å². The molecule has 0 saturated carbocycles. The summed E-state index contributed by atoms with van der Waals surface area (Å²) in [5.74, 6) is 0.280. The Labute approximate surface area is 178 Å². The lowest BCUT2D eigenvalue weighted by atomic mass is 10.2. The van der Waals surface area contributed by atoms with Gasteiger partial charge in [-0.2, -0.15) is 16.5 Å². The van der Waals surface area contributed by atoms with Gasteiger partial charge in [0.05, 0.1) is 4.90 Å². The first-order valence-corrected chi connectivity index (χ1v) is 12.9. The summed E-state index contributed by atoms with van der Waals surface area (Å²) in [7, 11) is -3.79. The normalized spacial score (nSPS) is 16.1. The molecule has 162 valence electrons. The van der Waals surface area contributed by atoms with Crippen LogP contribution in [0, 0.1) is 0 Å². The second kappa shape index (κ2) is 12.2. The highest BCUT2D eigenvalue weighted by Crippen LogP contribution is 2.12. The minimum absolute atomic E-state index is 0.0396. The largest absolute Gasteiger partial charge is 0.354 e. The molecule has 0 bridgehead atoms. The molecule has 2 rings (SSSR count). The molecule has 1 unspecified atom stereocenters. The maximum Gasteiger partial charge on any atom is 0.241 e. The number of nitrogens with one attached hydrogen (secondary N) is 2. The number of benzene rings is 1. The van der Waals surface area contributed by atoms with E-state index in [4.69, 9.17) is 0 Å². The predicted octanol–water partition coefficient (Wildman–Crippen LogP) is 2.00. The molecule has 2 amide bonds. The second-order valence-electron chi connectivity index (χ2n) is 7.10. The third-order valence-electron chi connectivity index (χ3n) is 4.87. The molecule has 0 aromatic heterocycles. The van der Waals surface area contributed by atoms with Crippen LogP contribution in [0.25, 0.3) is 0 Å². The fourth-order valence-corrected chi connectivity index (χ4v) is 4.95. The first-order valence-electron chi connectivity index (χ1n) is 10.1. The molecule has 1 aliphatic rings. The van der Waals surface area contributed by atoms with Gasteiger partial charge >= 0.3 is 0 Å². The molecule has 1 aromatic carbocycles. The van der Waals surface area contributed by atoms with Crippen molar-refractivity contribution in [3.05, 3.63) is 30.3 Å². The van der Waals surface area contributed by atoms with Gasteiger partial charge in [-0.15, -0.1) is 0 Å². The van der Waals surface area contributed by atoms with Gasteiger partial charge in [0.25, 0.3) is 0 Å². The van der Waals surface area contributed by atoms with Crippen LogP contribution in [-0.4, -0.2) is 62.8 Å². The summed E-state index contributed by atoms with van der Waals surface area (Å²) >= 11 is 1.54. The first-order chi connectivity index (χ1) is 13.9. The molecular weight excluding hydrogens is 410 g/mol. The zero-order chi connectivity index (χ0) is 21.1. The summed E-state index contributed by atoms with van der Waals surface area (Å²) in [6.07, 6.45) is 6.86. The van der Waals surface area contributed by atoms with E-state index in [-0.39, 0.29) is 23.8 Å². The number of carbonyl (C=O) groups is 2. The molecule has 1 atom stereocenters. The van der Waals surface area contributed by atoms with Crippen molar-refractivity contribution in [3.8, 4) is 0 Å². The molecule has 1 saturated heterocycles. The van der Waals surface area contributed by atoms with Crippen molar-refractivity contribution >= 4 is 33.6 Å². The lowest BCUT2D eigenvalue weighted by molar-refractivity contribution is -0.131. The number of hydrogen-bond donors (Lipinski definition) is 2. The average Bonchev–Trinajstić information content (AvgIpc) is 3.01. The smallest absolute Gasteiger partial charge is 0.241 e. The topological polar surface area (TPSA) is 95.6 Å². The molecule has 1 fully saturated rings. The summed E-state index contributed by atoms with van der Waals surface area (Å²) in [6, 6.07) is 7.12. The van der Waals surface area contributed by atoms with Crippen molar-refractivity contribution in [2.45, 2.75) is 49.5 Å². The number of carbonyl (C=O) groups excluding carboxylic acids is 2. The fourth-order valence-electron chi connectivity index (χ4n) is 3.23. The molecule has 0 aliphatic carbocycles. The highest BCUT2D eigenvalue weighted by Gasteiger charge is 2.25. The maximum atomic E-state index is 12.6. The van der Waals surface area contributed by atoms with Crippen molar-refractivity contribution in [3.63, 3.8) is 0 Å². The lowest BCUT2D eigenvalue weighted by Crippen LogP contribution is -2.47. The van der Waals surface area contributed by atoms with Gasteiger partial charge in [-0.05, 0) is 43.4 Å². The molecule has 0 radical (unpaired) electrons. The van der Waals surface area contributed by atoms with E-state index in [2.05, 4.69) is 10.0 Å². The standard InChI is InChI=1S/C20H31N3O4S2/c1-28-16-12-18(22-29(26,27)17-9-5-4-6-10-17)20(25)21-13-11-19(24)23-14-7-2-3-8-15-23/h4-6,9-10,18,22H,2-3,7-8,11-16H2,1H3,(H,21,25). The zero-order valence-electron chi connectivity index (χ0n) is 16.9. The van der Waals surface area contributed by atoms with Gasteiger partial charge in [-0.25, -0.2) is 8.42 Å². The molecule has 1 heterocycles. The van der Waals surface area contributed by atoms with E-state index in [1.165, 1.54) is 12.1 Å². The Bertz CT molecular complexity index is 748. The van der Waals surface area contributed by atoms with Crippen LogP contribution in [0.5, 0.6) is 0 Å². The molecule has 7 nitrogen and oxygen atoms in total. The van der Waals surface area contributed by atoms with Crippen LogP contribution in [0.2, 0.25) is 0 Å². The van der Waals surface area contributed by atoms with Gasteiger partial charge < -0.3 is 10.2 Å². The first kappa shape index (κ1) is 23.7. The summed E-state index contributed by atoms with van der Waals surface area (Å²) in [4.78, 5) is 26.9. The van der Waals surface area contributed by atoms with Crippen molar-refractivity contribution in [1.82, 2.24) is 14.9 Å². The van der Waals surface area contributed by atoms with Crippen LogP contribution in [0.4, 0.5) is 0 Å². The van der Waals surface area contributed by atoms with Gasteiger partial charge in [0, 0.05) is 26.1 Å². The Hall–Kier alpha value is -1.58. The van der Waals surface area contributed by atoms with E-state index in [9.17, 15) is 18.0 Å². The SMILES string of the molecule is CSCCC(NS(=O)(=O)c1ccccc1)C(=O)NCCC(=O)N1CCCCCC1. The van der Waals surface area contributed by atoms with Crippen LogP contribution < -0.4 is 10.0 Å². The number of amides is 2. The summed E-state index contributed by atoms with van der Waals surface area (Å²) < 4.78 is 27.7. The Morgan fingerprint density at radius 3 is 2.38 bits per heavy atom. The molecule has 29 heavy (non-hydrogen) atoms. The second-order valence-corrected chi connectivity index (χ2v) is 9.80. The van der Waals surface area contributed by atoms with Crippen LogP contribution >= 0.6 is 11.8 Å². The Balaban J connectivity index is 1.90. The predicted molar refractivity (Wildman–Crippen MR) is 116 cm³/mol. The van der Waals surface area contributed by atoms with E-state index in [1.807, 2.05) is 11.2 Å². The molecule has 2 N–H and O–H groups in total. The highest BCUT2D eigenvalue weighted by molar-refractivity contribution is 7.98. The Morgan fingerprint density at radius 1 is 1.10 bits per heavy atom. The van der Waals surface area contributed by atoms with Gasteiger partial charge in [-0.1, -0.05) is 31.0 Å². The number of nitrogens with zero attached hydrogens (tertiary/aromatic N) is 1. The number of sulfonamides is 1. The van der Waals surface area contributed by atoms with Crippen molar-refractivity contribution in [2.75, 3.05) is 31.6 Å². The van der Waals surface area contributed by atoms with Crippen LogP contribution in [0.3, 0.4) is 0 Å². The van der Waals surface area contributed by atoms with Gasteiger partial charge in [0.15, 0.2) is 0 Å². The van der Waals surface area contributed by atoms with Crippen LogP contribution in [0.1, 0.15) is 38.5 Å². The minimum Gasteiger partial charge on any atom is -0.354 e. The quantitative estimate of drug-likeness (QED) is 0.579. The number of likely N-dealkylation sites (tertiary alicyclic amines) is 1. The van der Waals surface area contributed by atoms with E-state index < -0.39 is 22.0 Å². The number of thioether (sulfide) groups is 1. The zero-order valence-corrected chi connectivity index (χ0v) is 18.6.